The maximum absolute atomic E-state index is 10.2. The van der Waals surface area contributed by atoms with Gasteiger partial charge < -0.3 is 10.4 Å². The Morgan fingerprint density at radius 2 is 2.25 bits per heavy atom. The Morgan fingerprint density at radius 3 is 2.67 bits per heavy atom. The zero-order chi connectivity index (χ0) is 9.14. The number of non-ortho nitro benzene ring substituents is 1. The fraction of sp³-hybridized carbons (Fsp3) is 0.143. The number of phenolic OH excluding ortho intramolecular Hbond substituents is 1. The Morgan fingerprint density at radius 1 is 1.58 bits per heavy atom. The number of benzene rings is 1. The van der Waals surface area contributed by atoms with Gasteiger partial charge in [0.05, 0.1) is 16.7 Å². The molecular weight excluding hydrogens is 160 g/mol. The number of nitrogens with one attached hydrogen (secondary N) is 1. The van der Waals surface area contributed by atoms with Crippen molar-refractivity contribution < 1.29 is 10.0 Å². The molecule has 0 bridgehead atoms. The monoisotopic (exact) mass is 168 g/mol. The van der Waals surface area contributed by atoms with Crippen molar-refractivity contribution in [2.24, 2.45) is 0 Å². The number of rotatable bonds is 2. The largest absolute Gasteiger partial charge is 0.506 e. The number of hydrogen-bond donors (Lipinski definition) is 2. The summed E-state index contributed by atoms with van der Waals surface area (Å²) in [5.41, 5.74) is 0.354. The Hall–Kier alpha value is -1.78. The lowest BCUT2D eigenvalue weighted by Crippen LogP contribution is -1.91. The lowest BCUT2D eigenvalue weighted by Gasteiger charge is -2.01. The number of nitrogens with zero attached hydrogens (tertiary/aromatic N) is 1. The van der Waals surface area contributed by atoms with E-state index in [0.29, 0.717) is 5.69 Å². The molecule has 1 aromatic carbocycles. The van der Waals surface area contributed by atoms with Crippen molar-refractivity contribution in [1.29, 1.82) is 0 Å². The van der Waals surface area contributed by atoms with E-state index in [1.165, 1.54) is 12.1 Å². The third-order valence-electron chi connectivity index (χ3n) is 1.46. The van der Waals surface area contributed by atoms with Gasteiger partial charge in [0, 0.05) is 13.1 Å². The molecule has 5 heteroatoms. The van der Waals surface area contributed by atoms with Crippen LogP contribution < -0.4 is 5.32 Å². The second-order valence-corrected chi connectivity index (χ2v) is 2.21. The first-order valence-corrected chi connectivity index (χ1v) is 3.30. The molecule has 0 amide bonds. The molecule has 0 heterocycles. The molecule has 0 saturated carbocycles. The highest BCUT2D eigenvalue weighted by Gasteiger charge is 2.08. The van der Waals surface area contributed by atoms with Gasteiger partial charge in [0.1, 0.15) is 5.75 Å². The third-order valence-corrected chi connectivity index (χ3v) is 1.46. The highest BCUT2D eigenvalue weighted by atomic mass is 16.6. The lowest BCUT2D eigenvalue weighted by atomic mass is 10.2. The van der Waals surface area contributed by atoms with E-state index in [2.05, 4.69) is 5.32 Å². The van der Waals surface area contributed by atoms with E-state index in [1.807, 2.05) is 0 Å². The first-order valence-electron chi connectivity index (χ1n) is 3.30. The highest BCUT2D eigenvalue weighted by molar-refractivity contribution is 5.59. The lowest BCUT2D eigenvalue weighted by molar-refractivity contribution is -0.384. The molecule has 0 spiro atoms. The van der Waals surface area contributed by atoms with Gasteiger partial charge in [0.25, 0.3) is 5.69 Å². The predicted molar refractivity (Wildman–Crippen MR) is 44.3 cm³/mol. The summed E-state index contributed by atoms with van der Waals surface area (Å²) in [6.45, 7) is 0. The third kappa shape index (κ3) is 1.45. The summed E-state index contributed by atoms with van der Waals surface area (Å²) in [6, 6.07) is 3.88. The summed E-state index contributed by atoms with van der Waals surface area (Å²) in [5.74, 6) is -0.119. The number of phenols is 1. The van der Waals surface area contributed by atoms with Gasteiger partial charge in [-0.25, -0.2) is 0 Å². The van der Waals surface area contributed by atoms with Crippen LogP contribution in [0.2, 0.25) is 0 Å². The van der Waals surface area contributed by atoms with Crippen molar-refractivity contribution >= 4 is 11.4 Å². The first-order chi connectivity index (χ1) is 5.65. The van der Waals surface area contributed by atoms with Gasteiger partial charge in [-0.15, -0.1) is 0 Å². The molecule has 2 N–H and O–H groups in total. The summed E-state index contributed by atoms with van der Waals surface area (Å²) in [6.07, 6.45) is 0. The van der Waals surface area contributed by atoms with Gasteiger partial charge in [-0.1, -0.05) is 0 Å². The average Bonchev–Trinajstić information content (AvgIpc) is 2.04. The highest BCUT2D eigenvalue weighted by Crippen LogP contribution is 2.26. The van der Waals surface area contributed by atoms with Crippen molar-refractivity contribution in [1.82, 2.24) is 0 Å². The van der Waals surface area contributed by atoms with Crippen LogP contribution in [0.15, 0.2) is 18.2 Å². The topological polar surface area (TPSA) is 75.4 Å². The quantitative estimate of drug-likeness (QED) is 0.397. The molecule has 0 radical (unpaired) electrons. The Kier molecular flexibility index (Phi) is 2.14. The molecule has 0 saturated heterocycles. The predicted octanol–water partition coefficient (Wildman–Crippen LogP) is 1.34. The number of aromatic hydroxyl groups is 1. The van der Waals surface area contributed by atoms with Crippen LogP contribution in [-0.2, 0) is 0 Å². The Balaban J connectivity index is 3.10. The van der Waals surface area contributed by atoms with Gasteiger partial charge >= 0.3 is 0 Å². The second kappa shape index (κ2) is 3.08. The van der Waals surface area contributed by atoms with Gasteiger partial charge in [0.2, 0.25) is 0 Å². The maximum atomic E-state index is 10.2. The molecule has 0 aliphatic carbocycles. The summed E-state index contributed by atoms with van der Waals surface area (Å²) >= 11 is 0. The van der Waals surface area contributed by atoms with E-state index in [1.54, 1.807) is 7.05 Å². The minimum absolute atomic E-state index is 0.119. The van der Waals surface area contributed by atoms with Crippen molar-refractivity contribution in [2.45, 2.75) is 0 Å². The van der Waals surface area contributed by atoms with E-state index in [0.717, 1.165) is 6.07 Å². The maximum Gasteiger partial charge on any atom is 0.273 e. The molecule has 0 unspecified atom stereocenters. The smallest absolute Gasteiger partial charge is 0.273 e. The first kappa shape index (κ1) is 8.32. The minimum atomic E-state index is -0.556. The van der Waals surface area contributed by atoms with Crippen LogP contribution in [0, 0.1) is 10.1 Å². The van der Waals surface area contributed by atoms with Gasteiger partial charge in [0.15, 0.2) is 0 Å². The SMILES string of the molecule is CNc1ccc([N+](=O)[O-])cc1O. The molecular formula is C7H8N2O3. The molecule has 64 valence electrons. The van der Waals surface area contributed by atoms with Crippen LogP contribution in [0.3, 0.4) is 0 Å². The fourth-order valence-electron chi connectivity index (χ4n) is 0.845. The molecule has 1 aromatic rings. The molecule has 0 aliphatic heterocycles. The fourth-order valence-corrected chi connectivity index (χ4v) is 0.845. The number of anilines is 1. The average molecular weight is 168 g/mol. The van der Waals surface area contributed by atoms with Gasteiger partial charge in [-0.2, -0.15) is 0 Å². The number of nitro benzene ring substituents is 1. The molecule has 0 atom stereocenters. The van der Waals surface area contributed by atoms with E-state index in [4.69, 9.17) is 0 Å². The molecule has 1 rings (SSSR count). The zero-order valence-corrected chi connectivity index (χ0v) is 6.44. The van der Waals surface area contributed by atoms with E-state index in [9.17, 15) is 15.2 Å². The minimum Gasteiger partial charge on any atom is -0.506 e. The van der Waals surface area contributed by atoms with Gasteiger partial charge in [-0.05, 0) is 6.07 Å². The van der Waals surface area contributed by atoms with Crippen LogP contribution in [0.25, 0.3) is 0 Å². The van der Waals surface area contributed by atoms with E-state index >= 15 is 0 Å². The summed E-state index contributed by atoms with van der Waals surface area (Å²) in [4.78, 5) is 9.67. The van der Waals surface area contributed by atoms with Crippen LogP contribution in [0.1, 0.15) is 0 Å². The number of hydrogen-bond acceptors (Lipinski definition) is 4. The van der Waals surface area contributed by atoms with Crippen molar-refractivity contribution in [2.75, 3.05) is 12.4 Å². The normalized spacial score (nSPS) is 9.42. The standard InChI is InChI=1S/C7H8N2O3/c1-8-6-3-2-5(9(11)12)4-7(6)10/h2-4,8,10H,1H3. The summed E-state index contributed by atoms with van der Waals surface area (Å²) < 4.78 is 0. The number of nitro groups is 1. The van der Waals surface area contributed by atoms with Crippen LogP contribution in [0.5, 0.6) is 5.75 Å². The van der Waals surface area contributed by atoms with Crippen molar-refractivity contribution in [3.05, 3.63) is 28.3 Å². The molecule has 5 nitrogen and oxygen atoms in total. The Bertz CT molecular complexity index is 312. The summed E-state index contributed by atoms with van der Waals surface area (Å²) in [7, 11) is 1.63. The van der Waals surface area contributed by atoms with Crippen molar-refractivity contribution in [3.8, 4) is 5.75 Å². The van der Waals surface area contributed by atoms with Crippen LogP contribution >= 0.6 is 0 Å². The van der Waals surface area contributed by atoms with Crippen LogP contribution in [0.4, 0.5) is 11.4 Å². The summed E-state index contributed by atoms with van der Waals surface area (Å²) in [5, 5.41) is 22.1. The van der Waals surface area contributed by atoms with E-state index in [-0.39, 0.29) is 11.4 Å². The van der Waals surface area contributed by atoms with Crippen molar-refractivity contribution in [3.63, 3.8) is 0 Å². The van der Waals surface area contributed by atoms with Crippen LogP contribution in [-0.4, -0.2) is 17.1 Å². The second-order valence-electron chi connectivity index (χ2n) is 2.21. The molecule has 12 heavy (non-hydrogen) atoms. The molecule has 0 fully saturated rings. The Labute approximate surface area is 68.8 Å². The molecule has 0 aliphatic rings. The zero-order valence-electron chi connectivity index (χ0n) is 6.44. The molecule has 0 aromatic heterocycles. The van der Waals surface area contributed by atoms with E-state index < -0.39 is 4.92 Å². The van der Waals surface area contributed by atoms with Gasteiger partial charge in [-0.3, -0.25) is 10.1 Å².